The summed E-state index contributed by atoms with van der Waals surface area (Å²) in [5.74, 6) is 0.0756. The van der Waals surface area contributed by atoms with Crippen molar-refractivity contribution < 1.29 is 8.76 Å². The summed E-state index contributed by atoms with van der Waals surface area (Å²) in [5, 5.41) is 0.449. The van der Waals surface area contributed by atoms with Crippen LogP contribution in [-0.2, 0) is 16.8 Å². The summed E-state index contributed by atoms with van der Waals surface area (Å²) in [7, 11) is 0. The lowest BCUT2D eigenvalue weighted by molar-refractivity contribution is 0.563. The molecule has 0 saturated heterocycles. The Balaban J connectivity index is 2.37. The predicted octanol–water partition coefficient (Wildman–Crippen LogP) is 2.42. The van der Waals surface area contributed by atoms with E-state index in [1.807, 2.05) is 0 Å². The van der Waals surface area contributed by atoms with Crippen molar-refractivity contribution in [1.82, 2.24) is 4.98 Å². The van der Waals surface area contributed by atoms with Crippen LogP contribution in [0.25, 0.3) is 11.1 Å². The van der Waals surface area contributed by atoms with Crippen LogP contribution in [0.3, 0.4) is 0 Å². The molecule has 0 bridgehead atoms. The number of hydrogen-bond acceptors (Lipinski definition) is 2. The summed E-state index contributed by atoms with van der Waals surface area (Å²) in [4.78, 5) is 14.2. The summed E-state index contributed by atoms with van der Waals surface area (Å²) in [5.41, 5.74) is 1.70. The van der Waals surface area contributed by atoms with Crippen LogP contribution in [0.4, 0.5) is 0 Å². The minimum Gasteiger partial charge on any atom is -0.327 e. The van der Waals surface area contributed by atoms with Gasteiger partial charge in [-0.1, -0.05) is 35.9 Å². The number of H-pyrrole nitrogens is 1. The highest BCUT2D eigenvalue weighted by Gasteiger charge is 2.05. The number of aromatic amines is 1. The topological polar surface area (TPSA) is 70.2 Å². The van der Waals surface area contributed by atoms with Gasteiger partial charge in [0.25, 0.3) is 5.56 Å². The monoisotopic (exact) mass is 283 g/mol. The average molecular weight is 284 g/mol. The Morgan fingerprint density at radius 1 is 1.28 bits per heavy atom. The van der Waals surface area contributed by atoms with Crippen molar-refractivity contribution >= 4 is 22.7 Å². The zero-order chi connectivity index (χ0) is 13.1. The van der Waals surface area contributed by atoms with Gasteiger partial charge in [0.15, 0.2) is 11.1 Å². The molecule has 1 atom stereocenters. The second-order valence-electron chi connectivity index (χ2n) is 3.72. The van der Waals surface area contributed by atoms with Gasteiger partial charge in [-0.2, -0.15) is 0 Å². The normalized spacial score (nSPS) is 12.3. The van der Waals surface area contributed by atoms with E-state index >= 15 is 0 Å². The minimum atomic E-state index is -1.86. The van der Waals surface area contributed by atoms with Crippen molar-refractivity contribution in [1.29, 1.82) is 0 Å². The molecule has 4 nitrogen and oxygen atoms in total. The maximum absolute atomic E-state index is 11.6. The molecule has 2 aromatic rings. The maximum atomic E-state index is 11.6. The molecule has 0 aliphatic carbocycles. The van der Waals surface area contributed by atoms with Gasteiger partial charge >= 0.3 is 0 Å². The minimum absolute atomic E-state index is 0.0756. The largest absolute Gasteiger partial charge is 0.327 e. The molecule has 2 N–H and O–H groups in total. The molecule has 0 radical (unpaired) electrons. The quantitative estimate of drug-likeness (QED) is 0.850. The molecule has 1 heterocycles. The zero-order valence-electron chi connectivity index (χ0n) is 9.22. The van der Waals surface area contributed by atoms with E-state index in [1.54, 1.807) is 30.3 Å². The van der Waals surface area contributed by atoms with E-state index < -0.39 is 11.1 Å². The van der Waals surface area contributed by atoms with Gasteiger partial charge in [0.05, 0.1) is 10.8 Å². The van der Waals surface area contributed by atoms with Crippen molar-refractivity contribution in [2.24, 2.45) is 0 Å². The number of aromatic nitrogens is 1. The Morgan fingerprint density at radius 2 is 1.94 bits per heavy atom. The lowest BCUT2D eigenvalue weighted by Crippen LogP contribution is -2.07. The van der Waals surface area contributed by atoms with Crippen molar-refractivity contribution in [3.8, 4) is 11.1 Å². The number of halogens is 1. The molecule has 2 rings (SSSR count). The van der Waals surface area contributed by atoms with Crippen LogP contribution in [0.5, 0.6) is 0 Å². The van der Waals surface area contributed by atoms with Crippen molar-refractivity contribution in [2.45, 2.75) is 5.75 Å². The molecule has 0 fully saturated rings. The Labute approximate surface area is 111 Å². The van der Waals surface area contributed by atoms with Gasteiger partial charge in [0.1, 0.15) is 0 Å². The van der Waals surface area contributed by atoms with E-state index in [2.05, 4.69) is 4.98 Å². The molecule has 1 unspecified atom stereocenters. The highest BCUT2D eigenvalue weighted by Crippen LogP contribution is 2.19. The molecule has 1 aromatic heterocycles. The van der Waals surface area contributed by atoms with Crippen molar-refractivity contribution in [3.05, 3.63) is 57.5 Å². The molecular formula is C12H10ClNO3S. The first-order chi connectivity index (χ1) is 8.56. The second kappa shape index (κ2) is 5.48. The Hall–Kier alpha value is -1.43. The van der Waals surface area contributed by atoms with E-state index in [0.29, 0.717) is 16.1 Å². The summed E-state index contributed by atoms with van der Waals surface area (Å²) >= 11 is 3.96. The molecule has 18 heavy (non-hydrogen) atoms. The van der Waals surface area contributed by atoms with Gasteiger partial charge in [-0.05, 0) is 17.2 Å². The van der Waals surface area contributed by atoms with Gasteiger partial charge in [0, 0.05) is 11.8 Å². The summed E-state index contributed by atoms with van der Waals surface area (Å²) in [6.45, 7) is 0. The molecule has 0 saturated carbocycles. The van der Waals surface area contributed by atoms with Gasteiger partial charge < -0.3 is 9.54 Å². The van der Waals surface area contributed by atoms with Crippen molar-refractivity contribution in [2.75, 3.05) is 0 Å². The average Bonchev–Trinajstić information content (AvgIpc) is 2.33. The molecule has 0 aliphatic rings. The fourth-order valence-electron chi connectivity index (χ4n) is 1.59. The maximum Gasteiger partial charge on any atom is 0.255 e. The highest BCUT2D eigenvalue weighted by molar-refractivity contribution is 7.78. The summed E-state index contributed by atoms with van der Waals surface area (Å²) < 4.78 is 19.4. The first-order valence-corrected chi connectivity index (χ1v) is 6.76. The van der Waals surface area contributed by atoms with E-state index in [-0.39, 0.29) is 11.3 Å². The first-order valence-electron chi connectivity index (χ1n) is 5.11. The van der Waals surface area contributed by atoms with E-state index in [9.17, 15) is 9.00 Å². The lowest BCUT2D eigenvalue weighted by atomic mass is 10.1. The Morgan fingerprint density at radius 3 is 2.56 bits per heavy atom. The summed E-state index contributed by atoms with van der Waals surface area (Å²) in [6, 6.07) is 8.46. The number of hydrogen-bond donors (Lipinski definition) is 2. The number of rotatable bonds is 3. The first kappa shape index (κ1) is 13.0. The van der Waals surface area contributed by atoms with Gasteiger partial charge in [-0.25, -0.2) is 4.21 Å². The highest BCUT2D eigenvalue weighted by atomic mass is 35.5. The molecule has 1 aromatic carbocycles. The van der Waals surface area contributed by atoms with Crippen LogP contribution in [-0.4, -0.2) is 13.7 Å². The number of nitrogens with one attached hydrogen (secondary N) is 1. The standard InChI is InChI=1S/C12H10ClNO3S/c13-10-5-11(12(15)14-6-10)9-3-1-8(2-4-9)7-18(16)17/h1-6H,7H2,(H,14,15)(H,16,17). The Kier molecular flexibility index (Phi) is 3.96. The van der Waals surface area contributed by atoms with Crippen LogP contribution in [0, 0.1) is 0 Å². The third-order valence-corrected chi connectivity index (χ3v) is 3.22. The fraction of sp³-hybridized carbons (Fsp3) is 0.0833. The third kappa shape index (κ3) is 3.07. The van der Waals surface area contributed by atoms with Gasteiger partial charge in [-0.15, -0.1) is 0 Å². The molecule has 94 valence electrons. The third-order valence-electron chi connectivity index (χ3n) is 2.42. The molecule has 0 aliphatic heterocycles. The predicted molar refractivity (Wildman–Crippen MR) is 72.0 cm³/mol. The van der Waals surface area contributed by atoms with E-state index in [4.69, 9.17) is 16.2 Å². The van der Waals surface area contributed by atoms with Gasteiger partial charge in [0.2, 0.25) is 0 Å². The van der Waals surface area contributed by atoms with Crippen LogP contribution in [0.1, 0.15) is 5.56 Å². The van der Waals surface area contributed by atoms with Gasteiger partial charge in [-0.3, -0.25) is 4.79 Å². The number of pyridine rings is 1. The molecule has 0 spiro atoms. The lowest BCUT2D eigenvalue weighted by Gasteiger charge is -2.03. The van der Waals surface area contributed by atoms with Crippen LogP contribution in [0.15, 0.2) is 41.3 Å². The van der Waals surface area contributed by atoms with Crippen molar-refractivity contribution in [3.63, 3.8) is 0 Å². The van der Waals surface area contributed by atoms with Crippen LogP contribution < -0.4 is 5.56 Å². The van der Waals surface area contributed by atoms with E-state index in [0.717, 1.165) is 5.56 Å². The van der Waals surface area contributed by atoms with Crippen LogP contribution >= 0.6 is 11.6 Å². The van der Waals surface area contributed by atoms with E-state index in [1.165, 1.54) is 6.20 Å². The van der Waals surface area contributed by atoms with Crippen LogP contribution in [0.2, 0.25) is 5.02 Å². The molecule has 0 amide bonds. The molecule has 6 heteroatoms. The fourth-order valence-corrected chi connectivity index (χ4v) is 2.24. The summed E-state index contributed by atoms with van der Waals surface area (Å²) in [6.07, 6.45) is 1.43. The smallest absolute Gasteiger partial charge is 0.255 e. The number of benzene rings is 1. The molecular weight excluding hydrogens is 274 g/mol. The zero-order valence-corrected chi connectivity index (χ0v) is 10.8. The second-order valence-corrected chi connectivity index (χ2v) is 5.09. The Bertz CT molecular complexity index is 637. The SMILES string of the molecule is O=c1[nH]cc(Cl)cc1-c1ccc(CS(=O)O)cc1.